The molecule has 0 spiro atoms. The van der Waals surface area contributed by atoms with E-state index in [0.29, 0.717) is 98.3 Å². The van der Waals surface area contributed by atoms with Crippen LogP contribution in [-0.2, 0) is 4.79 Å². The molecule has 0 bridgehead atoms. The molecule has 0 fully saturated rings. The highest BCUT2D eigenvalue weighted by Gasteiger charge is 2.21. The number of guanidine groups is 3. The standard InChI is InChI=1S/C40H67N13O7S2/c1-62-22-13-31(37(56)57)53-36(55)27-9-11-29(12-10-27)52-25-30(26-61)47-14-4-2-3-5-15-48-35(54)28-23-32(58-19-6-16-49-38(41)42)34(60-21-8-18-51-40(45)46)33(24-28)59-20-7-17-50-39(43)44/h9-12,23-24,30-31,47,52,61H,2-8,13-22,25-26H2,1H3,(H,48,54)(H,53,55)(H,56,57)(H4,41,42,49)(H4,43,44,50)(H4,45,46,51)/t30-,31+/m1/s1. The SMILES string of the molecule is CSCC[C@H](NC(=O)c1ccc(NC[C@H](CS)NCCCCCCNC(=O)c2cc(OCCCN=C(N)N)c(OCCCN=C(N)N)c(OCCCN=C(N)N)c2)cc1)C(=O)O. The van der Waals surface area contributed by atoms with Crippen LogP contribution in [0.3, 0.4) is 0 Å². The van der Waals surface area contributed by atoms with Crippen molar-refractivity contribution < 1.29 is 33.7 Å². The first-order valence-corrected chi connectivity index (χ1v) is 22.6. The lowest BCUT2D eigenvalue weighted by Crippen LogP contribution is -2.41. The Kier molecular flexibility index (Phi) is 26.7. The van der Waals surface area contributed by atoms with Gasteiger partial charge >= 0.3 is 5.97 Å². The van der Waals surface area contributed by atoms with E-state index in [1.54, 1.807) is 36.4 Å². The van der Waals surface area contributed by atoms with Gasteiger partial charge in [-0.05, 0) is 74.2 Å². The quantitative estimate of drug-likeness (QED) is 0.0202. The Labute approximate surface area is 374 Å². The minimum absolute atomic E-state index is 0.0150. The van der Waals surface area contributed by atoms with Crippen LogP contribution < -0.4 is 69.9 Å². The van der Waals surface area contributed by atoms with Crippen molar-refractivity contribution in [3.8, 4) is 17.2 Å². The van der Waals surface area contributed by atoms with Crippen LogP contribution in [0.5, 0.6) is 17.2 Å². The number of hydrogen-bond acceptors (Lipinski definition) is 13. The Balaban J connectivity index is 1.90. The molecule has 0 aromatic heterocycles. The number of amides is 2. The number of rotatable bonds is 34. The third-order valence-corrected chi connectivity index (χ3v) is 9.88. The second kappa shape index (κ2) is 31.4. The molecule has 0 saturated carbocycles. The maximum absolute atomic E-state index is 13.4. The van der Waals surface area contributed by atoms with Crippen molar-refractivity contribution in [2.45, 2.75) is 63.5 Å². The summed E-state index contributed by atoms with van der Waals surface area (Å²) in [4.78, 5) is 49.5. The van der Waals surface area contributed by atoms with E-state index >= 15 is 0 Å². The number of anilines is 1. The number of nitrogens with zero attached hydrogens (tertiary/aromatic N) is 3. The summed E-state index contributed by atoms with van der Waals surface area (Å²) in [7, 11) is 0. The number of nitrogens with two attached hydrogens (primary N) is 6. The summed E-state index contributed by atoms with van der Waals surface area (Å²) in [6.45, 7) is 3.68. The van der Waals surface area contributed by atoms with Crippen LogP contribution in [0.4, 0.5) is 5.69 Å². The lowest BCUT2D eigenvalue weighted by molar-refractivity contribution is -0.139. The Bertz CT molecular complexity index is 1680. The van der Waals surface area contributed by atoms with Gasteiger partial charge in [0.25, 0.3) is 11.8 Å². The summed E-state index contributed by atoms with van der Waals surface area (Å²) in [6, 6.07) is 9.34. The topological polar surface area (TPSA) is 340 Å². The molecule has 2 aromatic rings. The smallest absolute Gasteiger partial charge is 0.326 e. The fourth-order valence-electron chi connectivity index (χ4n) is 5.55. The van der Waals surface area contributed by atoms with Crippen molar-refractivity contribution in [2.75, 3.05) is 82.2 Å². The monoisotopic (exact) mass is 905 g/mol. The van der Waals surface area contributed by atoms with Gasteiger partial charge in [-0.15, -0.1) is 0 Å². The summed E-state index contributed by atoms with van der Waals surface area (Å²) in [5.41, 5.74) is 34.3. The highest BCUT2D eigenvalue weighted by atomic mass is 32.2. The number of nitrogens with one attached hydrogen (secondary N) is 4. The Morgan fingerprint density at radius 3 is 1.76 bits per heavy atom. The third kappa shape index (κ3) is 22.9. The van der Waals surface area contributed by atoms with Gasteiger partial charge in [0, 0.05) is 80.6 Å². The van der Waals surface area contributed by atoms with Crippen LogP contribution in [-0.4, -0.2) is 130 Å². The normalized spacial score (nSPS) is 11.6. The molecule has 2 aromatic carbocycles. The van der Waals surface area contributed by atoms with Gasteiger partial charge < -0.3 is 75.0 Å². The van der Waals surface area contributed by atoms with Crippen molar-refractivity contribution in [2.24, 2.45) is 49.4 Å². The molecule has 2 amide bonds. The lowest BCUT2D eigenvalue weighted by atomic mass is 10.1. The van der Waals surface area contributed by atoms with Crippen molar-refractivity contribution >= 4 is 65.7 Å². The number of carboxylic acids is 1. The molecule has 0 heterocycles. The van der Waals surface area contributed by atoms with Crippen LogP contribution in [0.15, 0.2) is 51.4 Å². The highest BCUT2D eigenvalue weighted by molar-refractivity contribution is 7.98. The molecule has 17 N–H and O–H groups in total. The molecule has 0 aliphatic carbocycles. The van der Waals surface area contributed by atoms with E-state index in [1.807, 2.05) is 6.26 Å². The summed E-state index contributed by atoms with van der Waals surface area (Å²) in [5.74, 6) is 0.395. The molecule has 22 heteroatoms. The second-order valence-electron chi connectivity index (χ2n) is 13.9. The van der Waals surface area contributed by atoms with E-state index < -0.39 is 17.9 Å². The van der Waals surface area contributed by atoms with Crippen molar-refractivity contribution in [3.63, 3.8) is 0 Å². The van der Waals surface area contributed by atoms with Crippen LogP contribution in [0.1, 0.15) is 72.1 Å². The summed E-state index contributed by atoms with van der Waals surface area (Å²) < 4.78 is 18.3. The number of ether oxygens (including phenoxy) is 3. The number of hydrogen-bond donors (Lipinski definition) is 12. The predicted octanol–water partition coefficient (Wildman–Crippen LogP) is 1.04. The molecule has 2 atom stereocenters. The molecule has 2 rings (SSSR count). The molecule has 0 unspecified atom stereocenters. The molecular formula is C40H67N13O7S2. The van der Waals surface area contributed by atoms with Crippen molar-refractivity contribution in [1.82, 2.24) is 16.0 Å². The second-order valence-corrected chi connectivity index (χ2v) is 15.3. The average molecular weight is 906 g/mol. The summed E-state index contributed by atoms with van der Waals surface area (Å²) in [5, 5.41) is 21.9. The molecule has 346 valence electrons. The number of aliphatic carboxylic acids is 1. The number of unbranched alkanes of at least 4 members (excludes halogenated alkanes) is 3. The number of aliphatic imine (C=N–C) groups is 3. The first kappa shape index (κ1) is 52.7. The molecule has 20 nitrogen and oxygen atoms in total. The van der Waals surface area contributed by atoms with E-state index in [-0.39, 0.29) is 49.6 Å². The zero-order valence-electron chi connectivity index (χ0n) is 35.6. The minimum atomic E-state index is -1.05. The van der Waals surface area contributed by atoms with Crippen molar-refractivity contribution in [3.05, 3.63) is 47.5 Å². The zero-order valence-corrected chi connectivity index (χ0v) is 37.3. The lowest BCUT2D eigenvalue weighted by Gasteiger charge is -2.19. The fourth-order valence-corrected chi connectivity index (χ4v) is 6.28. The molecular weight excluding hydrogens is 839 g/mol. The van der Waals surface area contributed by atoms with Crippen LogP contribution >= 0.6 is 24.4 Å². The number of thioether (sulfide) groups is 1. The minimum Gasteiger partial charge on any atom is -0.489 e. The van der Waals surface area contributed by atoms with E-state index in [0.717, 1.165) is 37.9 Å². The van der Waals surface area contributed by atoms with Crippen molar-refractivity contribution in [1.29, 1.82) is 0 Å². The number of carboxylic acid groups (broad SMARTS) is 1. The van der Waals surface area contributed by atoms with E-state index in [1.165, 1.54) is 11.8 Å². The van der Waals surface area contributed by atoms with Gasteiger partial charge in [-0.3, -0.25) is 24.6 Å². The zero-order chi connectivity index (χ0) is 45.5. The van der Waals surface area contributed by atoms with Gasteiger partial charge in [-0.1, -0.05) is 12.8 Å². The Morgan fingerprint density at radius 2 is 1.26 bits per heavy atom. The van der Waals surface area contributed by atoms with Crippen LogP contribution in [0.25, 0.3) is 0 Å². The highest BCUT2D eigenvalue weighted by Crippen LogP contribution is 2.39. The third-order valence-electron chi connectivity index (χ3n) is 8.79. The maximum Gasteiger partial charge on any atom is 0.326 e. The van der Waals surface area contributed by atoms with E-state index in [2.05, 4.69) is 48.9 Å². The van der Waals surface area contributed by atoms with E-state index in [9.17, 15) is 19.5 Å². The first-order valence-electron chi connectivity index (χ1n) is 20.6. The van der Waals surface area contributed by atoms with Gasteiger partial charge in [-0.25, -0.2) is 4.79 Å². The molecule has 0 radical (unpaired) electrons. The maximum atomic E-state index is 13.4. The summed E-state index contributed by atoms with van der Waals surface area (Å²) >= 11 is 6.03. The predicted molar refractivity (Wildman–Crippen MR) is 252 cm³/mol. The fraction of sp³-hybridized carbons (Fsp3) is 0.550. The number of thiol groups is 1. The first-order chi connectivity index (χ1) is 29.8. The number of benzene rings is 2. The van der Waals surface area contributed by atoms with E-state index in [4.69, 9.17) is 48.6 Å². The Hall–Kier alpha value is -5.48. The van der Waals surface area contributed by atoms with Gasteiger partial charge in [0.15, 0.2) is 29.4 Å². The van der Waals surface area contributed by atoms with Gasteiger partial charge in [0.1, 0.15) is 6.04 Å². The van der Waals surface area contributed by atoms with Gasteiger partial charge in [0.2, 0.25) is 5.75 Å². The summed E-state index contributed by atoms with van der Waals surface area (Å²) in [6.07, 6.45) is 7.36. The molecule has 62 heavy (non-hydrogen) atoms. The largest absolute Gasteiger partial charge is 0.489 e. The van der Waals surface area contributed by atoms with Crippen LogP contribution in [0.2, 0.25) is 0 Å². The Morgan fingerprint density at radius 1 is 0.726 bits per heavy atom. The number of carbonyl (C=O) groups excluding carboxylic acids is 2. The van der Waals surface area contributed by atoms with Crippen LogP contribution in [0, 0.1) is 0 Å². The van der Waals surface area contributed by atoms with Gasteiger partial charge in [-0.2, -0.15) is 24.4 Å². The molecule has 0 aliphatic rings. The molecule has 0 saturated heterocycles. The molecule has 0 aliphatic heterocycles. The average Bonchev–Trinajstić information content (AvgIpc) is 3.23. The number of carbonyl (C=O) groups is 3. The van der Waals surface area contributed by atoms with Gasteiger partial charge in [0.05, 0.1) is 19.8 Å².